The first-order valence-electron chi connectivity index (χ1n) is 7.75. The van der Waals surface area contributed by atoms with Crippen LogP contribution in [0.3, 0.4) is 0 Å². The van der Waals surface area contributed by atoms with Gasteiger partial charge in [-0.2, -0.15) is 5.26 Å². The Hall–Kier alpha value is -3.33. The zero-order chi connectivity index (χ0) is 18.2. The van der Waals surface area contributed by atoms with Crippen molar-refractivity contribution in [3.05, 3.63) is 59.7 Å². The molecule has 0 atom stereocenters. The van der Waals surface area contributed by atoms with Crippen molar-refractivity contribution in [1.29, 1.82) is 5.26 Å². The number of hydrogen-bond acceptors (Lipinski definition) is 4. The number of amides is 2. The van der Waals surface area contributed by atoms with Crippen LogP contribution in [0.25, 0.3) is 0 Å². The van der Waals surface area contributed by atoms with Gasteiger partial charge < -0.3 is 15.0 Å². The summed E-state index contributed by atoms with van der Waals surface area (Å²) in [5.74, 6) is 0.294. The highest BCUT2D eigenvalue weighted by Gasteiger charge is 2.13. The Labute approximate surface area is 146 Å². The van der Waals surface area contributed by atoms with Gasteiger partial charge in [-0.25, -0.2) is 0 Å². The molecule has 0 aromatic heterocycles. The van der Waals surface area contributed by atoms with Gasteiger partial charge in [0.15, 0.2) is 0 Å². The van der Waals surface area contributed by atoms with Gasteiger partial charge in [0, 0.05) is 31.3 Å². The Morgan fingerprint density at radius 1 is 1.20 bits per heavy atom. The third-order valence-electron chi connectivity index (χ3n) is 3.64. The zero-order valence-corrected chi connectivity index (χ0v) is 14.2. The van der Waals surface area contributed by atoms with Gasteiger partial charge >= 0.3 is 0 Å². The number of carbonyl (C=O) groups excluding carboxylic acids is 2. The van der Waals surface area contributed by atoms with Crippen LogP contribution >= 0.6 is 0 Å². The highest BCUT2D eigenvalue weighted by atomic mass is 16.5. The second-order valence-electron chi connectivity index (χ2n) is 5.32. The Balaban J connectivity index is 1.98. The molecule has 2 amide bonds. The van der Waals surface area contributed by atoms with Crippen molar-refractivity contribution in [2.75, 3.05) is 25.1 Å². The minimum Gasteiger partial charge on any atom is -0.497 e. The number of nitrogens with one attached hydrogen (secondary N) is 1. The lowest BCUT2D eigenvalue weighted by atomic mass is 10.2. The summed E-state index contributed by atoms with van der Waals surface area (Å²) in [6.07, 6.45) is 0. The fraction of sp³-hybridized carbons (Fsp3) is 0.211. The second kappa shape index (κ2) is 8.50. The molecule has 2 aromatic rings. The first-order valence-corrected chi connectivity index (χ1v) is 7.75. The topological polar surface area (TPSA) is 82.4 Å². The quantitative estimate of drug-likeness (QED) is 0.877. The summed E-state index contributed by atoms with van der Waals surface area (Å²) in [6, 6.07) is 15.6. The highest BCUT2D eigenvalue weighted by molar-refractivity contribution is 5.95. The van der Waals surface area contributed by atoms with Crippen LogP contribution in [0.4, 0.5) is 5.69 Å². The van der Waals surface area contributed by atoms with E-state index in [-0.39, 0.29) is 11.8 Å². The van der Waals surface area contributed by atoms with Crippen LogP contribution in [0.2, 0.25) is 0 Å². The van der Waals surface area contributed by atoms with Gasteiger partial charge in [0.05, 0.1) is 18.7 Å². The van der Waals surface area contributed by atoms with E-state index in [0.29, 0.717) is 35.7 Å². The third kappa shape index (κ3) is 4.82. The Kier molecular flexibility index (Phi) is 6.13. The van der Waals surface area contributed by atoms with E-state index in [0.717, 1.165) is 0 Å². The molecule has 0 heterocycles. The Bertz CT molecular complexity index is 794. The highest BCUT2D eigenvalue weighted by Crippen LogP contribution is 2.16. The Morgan fingerprint density at radius 3 is 2.52 bits per heavy atom. The molecule has 128 valence electrons. The fourth-order valence-electron chi connectivity index (χ4n) is 2.34. The molecule has 0 spiro atoms. The van der Waals surface area contributed by atoms with E-state index in [9.17, 15) is 9.59 Å². The number of methoxy groups -OCH3 is 1. The maximum atomic E-state index is 12.1. The number of benzene rings is 2. The van der Waals surface area contributed by atoms with E-state index >= 15 is 0 Å². The number of nitriles is 1. The molecule has 2 rings (SSSR count). The lowest BCUT2D eigenvalue weighted by molar-refractivity contribution is -0.116. The second-order valence-corrected chi connectivity index (χ2v) is 5.32. The molecule has 0 bridgehead atoms. The lowest BCUT2D eigenvalue weighted by Gasteiger charge is -2.21. The van der Waals surface area contributed by atoms with Crippen LogP contribution in [-0.2, 0) is 4.79 Å². The number of nitrogens with zero attached hydrogens (tertiary/aromatic N) is 2. The summed E-state index contributed by atoms with van der Waals surface area (Å²) in [6.45, 7) is 2.05. The van der Waals surface area contributed by atoms with Crippen molar-refractivity contribution in [2.45, 2.75) is 6.92 Å². The SMILES string of the molecule is COc1ccc(C(=O)NCCN(C(C)=O)c2cccc(C#N)c2)cc1. The minimum atomic E-state index is -0.225. The number of hydrogen-bond donors (Lipinski definition) is 1. The predicted molar refractivity (Wildman–Crippen MR) is 94.5 cm³/mol. The molecule has 1 N–H and O–H groups in total. The van der Waals surface area contributed by atoms with Crippen LogP contribution in [0.15, 0.2) is 48.5 Å². The Morgan fingerprint density at radius 2 is 1.92 bits per heavy atom. The number of carbonyl (C=O) groups is 2. The molecule has 0 radical (unpaired) electrons. The summed E-state index contributed by atoms with van der Waals surface area (Å²) >= 11 is 0. The standard InChI is InChI=1S/C19H19N3O3/c1-14(23)22(17-5-3-4-15(12-17)13-20)11-10-21-19(24)16-6-8-18(25-2)9-7-16/h3-9,12H,10-11H2,1-2H3,(H,21,24). The lowest BCUT2D eigenvalue weighted by Crippen LogP contribution is -2.37. The van der Waals surface area contributed by atoms with Gasteiger partial charge in [0.1, 0.15) is 5.75 Å². The van der Waals surface area contributed by atoms with Gasteiger partial charge in [0.25, 0.3) is 5.91 Å². The monoisotopic (exact) mass is 337 g/mol. The van der Waals surface area contributed by atoms with Crippen molar-refractivity contribution in [3.8, 4) is 11.8 Å². The molecule has 0 aliphatic heterocycles. The first-order chi connectivity index (χ1) is 12.0. The van der Waals surface area contributed by atoms with Crippen molar-refractivity contribution in [1.82, 2.24) is 5.32 Å². The van der Waals surface area contributed by atoms with E-state index in [1.165, 1.54) is 11.8 Å². The van der Waals surface area contributed by atoms with E-state index in [1.807, 2.05) is 6.07 Å². The van der Waals surface area contributed by atoms with Crippen molar-refractivity contribution in [2.24, 2.45) is 0 Å². The van der Waals surface area contributed by atoms with E-state index < -0.39 is 0 Å². The summed E-state index contributed by atoms with van der Waals surface area (Å²) in [5, 5.41) is 11.8. The molecular formula is C19H19N3O3. The summed E-state index contributed by atoms with van der Waals surface area (Å²) in [7, 11) is 1.56. The van der Waals surface area contributed by atoms with E-state index in [2.05, 4.69) is 5.32 Å². The summed E-state index contributed by atoms with van der Waals surface area (Å²) in [5.41, 5.74) is 1.62. The first kappa shape index (κ1) is 18.0. The predicted octanol–water partition coefficient (Wildman–Crippen LogP) is 2.35. The van der Waals surface area contributed by atoms with Crippen LogP contribution in [0.1, 0.15) is 22.8 Å². The van der Waals surface area contributed by atoms with Crippen LogP contribution in [0, 0.1) is 11.3 Å². The van der Waals surface area contributed by atoms with Gasteiger partial charge in [-0.3, -0.25) is 9.59 Å². The number of rotatable bonds is 6. The van der Waals surface area contributed by atoms with E-state index in [1.54, 1.807) is 55.6 Å². The molecule has 0 aliphatic rings. The molecule has 0 aliphatic carbocycles. The molecule has 0 unspecified atom stereocenters. The van der Waals surface area contributed by atoms with Gasteiger partial charge in [-0.15, -0.1) is 0 Å². The number of ether oxygens (including phenoxy) is 1. The molecule has 2 aromatic carbocycles. The van der Waals surface area contributed by atoms with Gasteiger partial charge in [0.2, 0.25) is 5.91 Å². The fourth-order valence-corrected chi connectivity index (χ4v) is 2.34. The third-order valence-corrected chi connectivity index (χ3v) is 3.64. The average molecular weight is 337 g/mol. The summed E-state index contributed by atoms with van der Waals surface area (Å²) < 4.78 is 5.06. The zero-order valence-electron chi connectivity index (χ0n) is 14.2. The molecule has 0 fully saturated rings. The molecule has 6 nitrogen and oxygen atoms in total. The normalized spacial score (nSPS) is 9.80. The number of anilines is 1. The average Bonchev–Trinajstić information content (AvgIpc) is 2.64. The van der Waals surface area contributed by atoms with Crippen LogP contribution < -0.4 is 15.0 Å². The van der Waals surface area contributed by atoms with Crippen LogP contribution in [-0.4, -0.2) is 32.0 Å². The molecule has 0 saturated heterocycles. The maximum absolute atomic E-state index is 12.1. The largest absolute Gasteiger partial charge is 0.497 e. The van der Waals surface area contributed by atoms with Crippen molar-refractivity contribution < 1.29 is 14.3 Å². The minimum absolute atomic E-state index is 0.159. The molecular weight excluding hydrogens is 318 g/mol. The van der Waals surface area contributed by atoms with Gasteiger partial charge in [-0.1, -0.05) is 6.07 Å². The molecule has 25 heavy (non-hydrogen) atoms. The van der Waals surface area contributed by atoms with E-state index in [4.69, 9.17) is 10.00 Å². The van der Waals surface area contributed by atoms with Crippen molar-refractivity contribution in [3.63, 3.8) is 0 Å². The van der Waals surface area contributed by atoms with Crippen molar-refractivity contribution >= 4 is 17.5 Å². The smallest absolute Gasteiger partial charge is 0.251 e. The molecule has 0 saturated carbocycles. The van der Waals surface area contributed by atoms with Gasteiger partial charge in [-0.05, 0) is 42.5 Å². The maximum Gasteiger partial charge on any atom is 0.251 e. The summed E-state index contributed by atoms with van der Waals surface area (Å²) in [4.78, 5) is 25.5. The van der Waals surface area contributed by atoms with Crippen LogP contribution in [0.5, 0.6) is 5.75 Å². The molecule has 6 heteroatoms.